The minimum absolute atomic E-state index is 0.139. The fourth-order valence-corrected chi connectivity index (χ4v) is 2.38. The molecule has 0 saturated carbocycles. The number of amides is 1. The third-order valence-electron chi connectivity index (χ3n) is 2.74. The van der Waals surface area contributed by atoms with Crippen LogP contribution in [0.2, 0.25) is 0 Å². The highest BCUT2D eigenvalue weighted by Crippen LogP contribution is 2.13. The molecule has 0 atom stereocenters. The number of carbonyl (C=O) groups excluding carboxylic acids is 1. The van der Waals surface area contributed by atoms with Crippen molar-refractivity contribution in [2.45, 2.75) is 6.42 Å². The summed E-state index contributed by atoms with van der Waals surface area (Å²) in [5, 5.41) is 13.7. The van der Waals surface area contributed by atoms with E-state index in [-0.39, 0.29) is 11.5 Å². The van der Waals surface area contributed by atoms with E-state index in [0.29, 0.717) is 6.54 Å². The van der Waals surface area contributed by atoms with Crippen LogP contribution in [-0.2, 0) is 11.2 Å². The first-order valence-corrected chi connectivity index (χ1v) is 7.15. The number of thiophene rings is 1. The van der Waals surface area contributed by atoms with Crippen LogP contribution in [0.5, 0.6) is 0 Å². The lowest BCUT2D eigenvalue weighted by molar-refractivity contribution is -0.117. The molecule has 0 unspecified atom stereocenters. The number of hydrogen-bond donors (Lipinski definition) is 1. The molecule has 1 N–H and O–H groups in total. The Morgan fingerprint density at radius 1 is 1.25 bits per heavy atom. The molecular weight excluding hydrogens is 268 g/mol. The molecule has 1 heterocycles. The van der Waals surface area contributed by atoms with E-state index < -0.39 is 0 Å². The van der Waals surface area contributed by atoms with Crippen molar-refractivity contribution in [3.8, 4) is 6.07 Å². The summed E-state index contributed by atoms with van der Waals surface area (Å²) >= 11 is 1.50. The smallest absolute Gasteiger partial charge is 0.261 e. The zero-order valence-electron chi connectivity index (χ0n) is 10.9. The largest absolute Gasteiger partial charge is 0.351 e. The van der Waals surface area contributed by atoms with Gasteiger partial charge in [-0.15, -0.1) is 11.3 Å². The van der Waals surface area contributed by atoms with Crippen molar-refractivity contribution >= 4 is 23.3 Å². The third kappa shape index (κ3) is 4.08. The summed E-state index contributed by atoms with van der Waals surface area (Å²) in [6.07, 6.45) is 2.37. The lowest BCUT2D eigenvalue weighted by Crippen LogP contribution is -2.26. The summed E-state index contributed by atoms with van der Waals surface area (Å²) in [6.45, 7) is 0.520. The van der Waals surface area contributed by atoms with Gasteiger partial charge in [0.05, 0.1) is 0 Å². The van der Waals surface area contributed by atoms with E-state index in [4.69, 9.17) is 5.26 Å². The maximum absolute atomic E-state index is 11.9. The van der Waals surface area contributed by atoms with E-state index >= 15 is 0 Å². The second-order valence-corrected chi connectivity index (χ2v) is 5.16. The number of nitriles is 1. The standard InChI is InChI=1S/C16H14N2OS/c17-12-14(11-15-7-4-10-20-15)16(19)18-9-8-13-5-2-1-3-6-13/h1-7,10-11H,8-9H2,(H,18,19)/b14-11+. The third-order valence-corrected chi connectivity index (χ3v) is 3.56. The Morgan fingerprint density at radius 3 is 2.70 bits per heavy atom. The average Bonchev–Trinajstić information content (AvgIpc) is 2.98. The Morgan fingerprint density at radius 2 is 2.05 bits per heavy atom. The van der Waals surface area contributed by atoms with Gasteiger partial charge < -0.3 is 5.32 Å². The molecule has 1 aromatic heterocycles. The molecule has 0 aliphatic carbocycles. The topological polar surface area (TPSA) is 52.9 Å². The average molecular weight is 282 g/mol. The molecule has 100 valence electrons. The van der Waals surface area contributed by atoms with Crippen LogP contribution < -0.4 is 5.32 Å². The van der Waals surface area contributed by atoms with Crippen molar-refractivity contribution in [1.82, 2.24) is 5.32 Å². The minimum Gasteiger partial charge on any atom is -0.351 e. The van der Waals surface area contributed by atoms with E-state index in [1.165, 1.54) is 11.3 Å². The highest BCUT2D eigenvalue weighted by molar-refractivity contribution is 7.10. The van der Waals surface area contributed by atoms with E-state index in [9.17, 15) is 4.79 Å². The van der Waals surface area contributed by atoms with Gasteiger partial charge >= 0.3 is 0 Å². The van der Waals surface area contributed by atoms with Crippen molar-refractivity contribution in [2.24, 2.45) is 0 Å². The molecular formula is C16H14N2OS. The van der Waals surface area contributed by atoms with Crippen molar-refractivity contribution in [3.05, 3.63) is 63.9 Å². The van der Waals surface area contributed by atoms with Crippen LogP contribution in [0.1, 0.15) is 10.4 Å². The monoisotopic (exact) mass is 282 g/mol. The highest BCUT2D eigenvalue weighted by atomic mass is 32.1. The molecule has 2 aromatic rings. The van der Waals surface area contributed by atoms with Gasteiger partial charge in [-0.05, 0) is 29.5 Å². The molecule has 0 saturated heterocycles. The summed E-state index contributed by atoms with van der Waals surface area (Å²) in [5.41, 5.74) is 1.30. The number of carbonyl (C=O) groups is 1. The quantitative estimate of drug-likeness (QED) is 0.677. The predicted molar refractivity (Wildman–Crippen MR) is 81.1 cm³/mol. The molecule has 3 nitrogen and oxygen atoms in total. The number of rotatable bonds is 5. The molecule has 20 heavy (non-hydrogen) atoms. The van der Waals surface area contributed by atoms with Crippen LogP contribution in [0.25, 0.3) is 6.08 Å². The minimum atomic E-state index is -0.322. The van der Waals surface area contributed by atoms with Gasteiger partial charge in [0.25, 0.3) is 5.91 Å². The second kappa shape index (κ2) is 7.27. The summed E-state index contributed by atoms with van der Waals surface area (Å²) in [4.78, 5) is 12.8. The van der Waals surface area contributed by atoms with E-state index in [2.05, 4.69) is 5.32 Å². The van der Waals surface area contributed by atoms with Gasteiger partial charge in [-0.25, -0.2) is 0 Å². The summed E-state index contributed by atoms with van der Waals surface area (Å²) < 4.78 is 0. The molecule has 4 heteroatoms. The molecule has 2 rings (SSSR count). The van der Waals surface area contributed by atoms with Crippen LogP contribution >= 0.6 is 11.3 Å². The maximum Gasteiger partial charge on any atom is 0.261 e. The number of benzene rings is 1. The van der Waals surface area contributed by atoms with E-state index in [0.717, 1.165) is 16.9 Å². The van der Waals surface area contributed by atoms with Gasteiger partial charge in [0.15, 0.2) is 0 Å². The van der Waals surface area contributed by atoms with Crippen LogP contribution in [-0.4, -0.2) is 12.5 Å². The lowest BCUT2D eigenvalue weighted by atomic mass is 10.1. The SMILES string of the molecule is N#C/C(=C\c1cccs1)C(=O)NCCc1ccccc1. The maximum atomic E-state index is 11.9. The normalized spacial score (nSPS) is 10.8. The van der Waals surface area contributed by atoms with Gasteiger partial charge in [-0.2, -0.15) is 5.26 Å². The Balaban J connectivity index is 1.89. The molecule has 0 spiro atoms. The van der Waals surface area contributed by atoms with Crippen molar-refractivity contribution in [1.29, 1.82) is 5.26 Å². The van der Waals surface area contributed by atoms with Crippen LogP contribution in [0.4, 0.5) is 0 Å². The number of hydrogen-bond acceptors (Lipinski definition) is 3. The Bertz CT molecular complexity index is 624. The van der Waals surface area contributed by atoms with Gasteiger partial charge in [0, 0.05) is 11.4 Å². The fraction of sp³-hybridized carbons (Fsp3) is 0.125. The van der Waals surface area contributed by atoms with Gasteiger partial charge in [0.2, 0.25) is 0 Å². The highest BCUT2D eigenvalue weighted by Gasteiger charge is 2.08. The van der Waals surface area contributed by atoms with Gasteiger partial charge in [-0.3, -0.25) is 4.79 Å². The molecule has 0 aliphatic rings. The van der Waals surface area contributed by atoms with Crippen molar-refractivity contribution < 1.29 is 4.79 Å². The van der Waals surface area contributed by atoms with Crippen LogP contribution in [0, 0.1) is 11.3 Å². The van der Waals surface area contributed by atoms with Gasteiger partial charge in [0.1, 0.15) is 11.6 Å². The zero-order valence-corrected chi connectivity index (χ0v) is 11.7. The molecule has 1 aromatic carbocycles. The Labute approximate surface area is 122 Å². The molecule has 0 radical (unpaired) electrons. The zero-order chi connectivity index (χ0) is 14.2. The lowest BCUT2D eigenvalue weighted by Gasteiger charge is -2.04. The first-order chi connectivity index (χ1) is 9.79. The van der Waals surface area contributed by atoms with Gasteiger partial charge in [-0.1, -0.05) is 36.4 Å². The molecule has 1 amide bonds. The van der Waals surface area contributed by atoms with E-state index in [1.807, 2.05) is 53.9 Å². The van der Waals surface area contributed by atoms with E-state index in [1.54, 1.807) is 6.08 Å². The first kappa shape index (κ1) is 14.0. The van der Waals surface area contributed by atoms with Crippen molar-refractivity contribution in [3.63, 3.8) is 0 Å². The Hall–Kier alpha value is -2.38. The summed E-state index contributed by atoms with van der Waals surface area (Å²) in [6, 6.07) is 15.6. The molecule has 0 bridgehead atoms. The summed E-state index contributed by atoms with van der Waals surface area (Å²) in [5.74, 6) is -0.322. The fourth-order valence-electron chi connectivity index (χ4n) is 1.72. The number of nitrogens with one attached hydrogen (secondary N) is 1. The summed E-state index contributed by atoms with van der Waals surface area (Å²) in [7, 11) is 0. The predicted octanol–water partition coefficient (Wildman–Crippen LogP) is 3.01. The van der Waals surface area contributed by atoms with Crippen LogP contribution in [0.15, 0.2) is 53.4 Å². The van der Waals surface area contributed by atoms with Crippen molar-refractivity contribution in [2.75, 3.05) is 6.54 Å². The number of nitrogens with zero attached hydrogens (tertiary/aromatic N) is 1. The Kier molecular flexibility index (Phi) is 5.10. The first-order valence-electron chi connectivity index (χ1n) is 6.27. The molecule has 0 fully saturated rings. The molecule has 0 aliphatic heterocycles. The second-order valence-electron chi connectivity index (χ2n) is 4.18. The van der Waals surface area contributed by atoms with Crippen LogP contribution in [0.3, 0.4) is 0 Å².